The van der Waals surface area contributed by atoms with Crippen LogP contribution >= 0.6 is 11.6 Å². The SMILES string of the molecule is COc1cnc(Cl)nc1NCC1CCN(c2nc(C(F)(F)F)cn2C)CC1. The third-order valence-electron chi connectivity index (χ3n) is 4.54. The van der Waals surface area contributed by atoms with Gasteiger partial charge in [-0.3, -0.25) is 0 Å². The van der Waals surface area contributed by atoms with Crippen molar-refractivity contribution in [3.05, 3.63) is 23.4 Å². The standard InChI is InChI=1S/C16H20ClF3N6O/c1-25-9-12(16(18,19)20)23-15(25)26-5-3-10(4-6-26)7-21-13-11(27-2)8-22-14(17)24-13/h8-10H,3-7H2,1-2H3,(H,21,22,24). The molecule has 0 spiro atoms. The van der Waals surface area contributed by atoms with E-state index in [-0.39, 0.29) is 5.28 Å². The summed E-state index contributed by atoms with van der Waals surface area (Å²) in [7, 11) is 3.11. The van der Waals surface area contributed by atoms with Gasteiger partial charge in [-0.1, -0.05) is 0 Å². The minimum absolute atomic E-state index is 0.128. The summed E-state index contributed by atoms with van der Waals surface area (Å²) in [6.45, 7) is 1.93. The number of rotatable bonds is 5. The quantitative estimate of drug-likeness (QED) is 0.772. The number of imidazole rings is 1. The normalized spacial score (nSPS) is 15.9. The molecule has 1 fully saturated rings. The fraction of sp³-hybridized carbons (Fsp3) is 0.562. The van der Waals surface area contributed by atoms with E-state index in [1.54, 1.807) is 7.05 Å². The molecule has 0 radical (unpaired) electrons. The van der Waals surface area contributed by atoms with Crippen LogP contribution < -0.4 is 15.0 Å². The zero-order valence-corrected chi connectivity index (χ0v) is 15.7. The lowest BCUT2D eigenvalue weighted by Gasteiger charge is -2.32. The van der Waals surface area contributed by atoms with Crippen molar-refractivity contribution in [3.8, 4) is 5.75 Å². The first kappa shape index (κ1) is 19.5. The summed E-state index contributed by atoms with van der Waals surface area (Å²) in [6, 6.07) is 0. The topological polar surface area (TPSA) is 68.1 Å². The summed E-state index contributed by atoms with van der Waals surface area (Å²) in [6.07, 6.45) is -0.269. The first-order valence-electron chi connectivity index (χ1n) is 8.44. The van der Waals surface area contributed by atoms with Crippen LogP contribution in [0.4, 0.5) is 24.9 Å². The van der Waals surface area contributed by atoms with Gasteiger partial charge in [-0.25, -0.2) is 9.97 Å². The molecule has 0 atom stereocenters. The van der Waals surface area contributed by atoms with Crippen molar-refractivity contribution >= 4 is 23.4 Å². The molecule has 2 aromatic rings. The van der Waals surface area contributed by atoms with Crippen LogP contribution in [-0.2, 0) is 13.2 Å². The monoisotopic (exact) mass is 404 g/mol. The fourth-order valence-electron chi connectivity index (χ4n) is 3.09. The second-order valence-corrected chi connectivity index (χ2v) is 6.74. The predicted molar refractivity (Wildman–Crippen MR) is 95.2 cm³/mol. The summed E-state index contributed by atoms with van der Waals surface area (Å²) in [5, 5.41) is 3.34. The van der Waals surface area contributed by atoms with Gasteiger partial charge in [0.25, 0.3) is 0 Å². The molecule has 27 heavy (non-hydrogen) atoms. The van der Waals surface area contributed by atoms with Gasteiger partial charge in [0.05, 0.1) is 13.3 Å². The maximum Gasteiger partial charge on any atom is 0.434 e. The molecule has 0 bridgehead atoms. The molecule has 0 saturated carbocycles. The predicted octanol–water partition coefficient (Wildman–Crippen LogP) is 3.22. The van der Waals surface area contributed by atoms with Crippen LogP contribution in [0.2, 0.25) is 5.28 Å². The number of ether oxygens (including phenoxy) is 1. The molecule has 7 nitrogen and oxygen atoms in total. The third kappa shape index (κ3) is 4.55. The molecule has 1 aliphatic heterocycles. The van der Waals surface area contributed by atoms with E-state index in [2.05, 4.69) is 20.3 Å². The lowest BCUT2D eigenvalue weighted by atomic mass is 9.97. The van der Waals surface area contributed by atoms with E-state index < -0.39 is 11.9 Å². The highest BCUT2D eigenvalue weighted by Crippen LogP contribution is 2.31. The summed E-state index contributed by atoms with van der Waals surface area (Å²) < 4.78 is 45.1. The third-order valence-corrected chi connectivity index (χ3v) is 4.73. The number of methoxy groups -OCH3 is 1. The van der Waals surface area contributed by atoms with Crippen LogP contribution in [0.5, 0.6) is 5.75 Å². The maximum atomic E-state index is 12.8. The zero-order chi connectivity index (χ0) is 19.6. The van der Waals surface area contributed by atoms with Crippen molar-refractivity contribution < 1.29 is 17.9 Å². The molecular weight excluding hydrogens is 385 g/mol. The van der Waals surface area contributed by atoms with Gasteiger partial charge in [0, 0.05) is 32.9 Å². The van der Waals surface area contributed by atoms with Gasteiger partial charge in [0.2, 0.25) is 11.2 Å². The number of hydrogen-bond acceptors (Lipinski definition) is 6. The summed E-state index contributed by atoms with van der Waals surface area (Å²) in [5.41, 5.74) is -0.864. The Morgan fingerprint density at radius 1 is 1.30 bits per heavy atom. The van der Waals surface area contributed by atoms with Gasteiger partial charge < -0.3 is 19.5 Å². The minimum Gasteiger partial charge on any atom is -0.491 e. The highest BCUT2D eigenvalue weighted by Gasteiger charge is 2.35. The van der Waals surface area contributed by atoms with E-state index in [1.807, 2.05) is 4.90 Å². The Morgan fingerprint density at radius 2 is 2.00 bits per heavy atom. The Labute approximate surface area is 159 Å². The molecule has 1 N–H and O–H groups in total. The number of halogens is 4. The number of hydrogen-bond donors (Lipinski definition) is 1. The molecule has 3 heterocycles. The summed E-state index contributed by atoms with van der Waals surface area (Å²) in [5.74, 6) is 1.73. The Bertz CT molecular complexity index is 789. The van der Waals surface area contributed by atoms with Gasteiger partial charge in [0.15, 0.2) is 17.3 Å². The van der Waals surface area contributed by atoms with Crippen LogP contribution in [-0.4, -0.2) is 46.3 Å². The lowest BCUT2D eigenvalue weighted by Crippen LogP contribution is -2.37. The number of nitrogens with zero attached hydrogens (tertiary/aromatic N) is 5. The first-order chi connectivity index (χ1) is 12.8. The van der Waals surface area contributed by atoms with Gasteiger partial charge in [-0.05, 0) is 30.4 Å². The van der Waals surface area contributed by atoms with E-state index in [4.69, 9.17) is 16.3 Å². The average molecular weight is 405 g/mol. The van der Waals surface area contributed by atoms with Crippen LogP contribution in [0.3, 0.4) is 0 Å². The molecule has 0 unspecified atom stereocenters. The smallest absolute Gasteiger partial charge is 0.434 e. The number of aryl methyl sites for hydroxylation is 1. The van der Waals surface area contributed by atoms with Crippen LogP contribution in [0, 0.1) is 5.92 Å². The second-order valence-electron chi connectivity index (χ2n) is 6.40. The van der Waals surface area contributed by atoms with Crippen molar-refractivity contribution in [2.75, 3.05) is 37.0 Å². The molecule has 1 saturated heterocycles. The Hall–Kier alpha value is -2.23. The molecule has 148 valence electrons. The highest BCUT2D eigenvalue weighted by molar-refractivity contribution is 6.28. The van der Waals surface area contributed by atoms with Crippen molar-refractivity contribution in [2.45, 2.75) is 19.0 Å². The van der Waals surface area contributed by atoms with E-state index in [9.17, 15) is 13.2 Å². The summed E-state index contributed by atoms with van der Waals surface area (Å²) >= 11 is 5.82. The van der Waals surface area contributed by atoms with E-state index in [0.29, 0.717) is 43.1 Å². The molecule has 0 amide bonds. The van der Waals surface area contributed by atoms with E-state index in [1.165, 1.54) is 17.9 Å². The first-order valence-corrected chi connectivity index (χ1v) is 8.81. The largest absolute Gasteiger partial charge is 0.491 e. The van der Waals surface area contributed by atoms with E-state index >= 15 is 0 Å². The molecule has 3 rings (SSSR count). The Morgan fingerprint density at radius 3 is 2.59 bits per heavy atom. The van der Waals surface area contributed by atoms with Crippen LogP contribution in [0.25, 0.3) is 0 Å². The van der Waals surface area contributed by atoms with E-state index in [0.717, 1.165) is 19.0 Å². The van der Waals surface area contributed by atoms with Gasteiger partial charge in [-0.2, -0.15) is 18.2 Å². The van der Waals surface area contributed by atoms with Crippen molar-refractivity contribution in [1.29, 1.82) is 0 Å². The van der Waals surface area contributed by atoms with Gasteiger partial charge in [-0.15, -0.1) is 0 Å². The van der Waals surface area contributed by atoms with Crippen molar-refractivity contribution in [1.82, 2.24) is 19.5 Å². The number of anilines is 2. The number of aromatic nitrogens is 4. The molecular formula is C16H20ClF3N6O. The van der Waals surface area contributed by atoms with Crippen molar-refractivity contribution in [2.24, 2.45) is 13.0 Å². The number of piperidine rings is 1. The van der Waals surface area contributed by atoms with Gasteiger partial charge >= 0.3 is 6.18 Å². The van der Waals surface area contributed by atoms with Crippen LogP contribution in [0.1, 0.15) is 18.5 Å². The van der Waals surface area contributed by atoms with Gasteiger partial charge in [0.1, 0.15) is 0 Å². The number of nitrogens with one attached hydrogen (secondary N) is 1. The van der Waals surface area contributed by atoms with Crippen LogP contribution in [0.15, 0.2) is 12.4 Å². The molecule has 1 aliphatic rings. The summed E-state index contributed by atoms with van der Waals surface area (Å²) in [4.78, 5) is 13.6. The zero-order valence-electron chi connectivity index (χ0n) is 14.9. The molecule has 2 aromatic heterocycles. The average Bonchev–Trinajstić information content (AvgIpc) is 3.03. The highest BCUT2D eigenvalue weighted by atomic mass is 35.5. The molecule has 0 aromatic carbocycles. The van der Waals surface area contributed by atoms with Crippen molar-refractivity contribution in [3.63, 3.8) is 0 Å². The maximum absolute atomic E-state index is 12.8. The minimum atomic E-state index is -4.43. The lowest BCUT2D eigenvalue weighted by molar-refractivity contribution is -0.140. The Kier molecular flexibility index (Phi) is 5.64. The fourth-order valence-corrected chi connectivity index (χ4v) is 3.22. The second kappa shape index (κ2) is 7.79. The number of alkyl halides is 3. The molecule has 0 aliphatic carbocycles. The molecule has 11 heteroatoms. The Balaban J connectivity index is 1.57.